The molecule has 0 atom stereocenters. The van der Waals surface area contributed by atoms with E-state index in [-0.39, 0.29) is 0 Å². The van der Waals surface area contributed by atoms with Gasteiger partial charge in [-0.05, 0) is 45.2 Å². The smallest absolute Gasteiger partial charge is 0.293 e. The van der Waals surface area contributed by atoms with Crippen molar-refractivity contribution in [1.29, 1.82) is 0 Å². The second-order valence-corrected chi connectivity index (χ2v) is 5.54. The van der Waals surface area contributed by atoms with Gasteiger partial charge in [-0.3, -0.25) is 0 Å². The molecule has 0 saturated heterocycles. The van der Waals surface area contributed by atoms with Crippen molar-refractivity contribution in [2.75, 3.05) is 13.6 Å². The Bertz CT molecular complexity index is 358. The zero-order valence-electron chi connectivity index (χ0n) is 9.48. The van der Waals surface area contributed by atoms with Crippen LogP contribution < -0.4 is 10.1 Å². The summed E-state index contributed by atoms with van der Waals surface area (Å²) >= 11 is 1.41. The van der Waals surface area contributed by atoms with E-state index in [0.29, 0.717) is 12.0 Å². The number of rotatable bonds is 5. The predicted octanol–water partition coefficient (Wildman–Crippen LogP) is 1.79. The lowest BCUT2D eigenvalue weighted by atomic mass is 9.82. The van der Waals surface area contributed by atoms with Crippen LogP contribution >= 0.6 is 11.5 Å². The Morgan fingerprint density at radius 1 is 1.44 bits per heavy atom. The van der Waals surface area contributed by atoms with E-state index in [0.717, 1.165) is 36.3 Å². The van der Waals surface area contributed by atoms with Crippen LogP contribution in [-0.4, -0.2) is 29.1 Å². The molecule has 5 heteroatoms. The highest BCUT2D eigenvalue weighted by molar-refractivity contribution is 7.07. The van der Waals surface area contributed by atoms with Crippen molar-refractivity contribution in [3.8, 4) is 5.19 Å². The molecule has 2 saturated carbocycles. The maximum absolute atomic E-state index is 5.80. The summed E-state index contributed by atoms with van der Waals surface area (Å²) < 4.78 is 10.1. The standard InChI is InChI=1S/C11H17N3OS/c1-12-6-7-4-9(5-7)15-11-13-10(14-16-11)8-2-3-8/h7-9,12H,2-6H2,1H3. The Balaban J connectivity index is 1.47. The average Bonchev–Trinajstić information content (AvgIpc) is 2.97. The lowest BCUT2D eigenvalue weighted by Crippen LogP contribution is -2.38. The van der Waals surface area contributed by atoms with Crippen molar-refractivity contribution in [2.45, 2.75) is 37.7 Å². The minimum absolute atomic E-state index is 0.373. The van der Waals surface area contributed by atoms with E-state index in [1.165, 1.54) is 24.4 Å². The fourth-order valence-electron chi connectivity index (χ4n) is 2.14. The molecular weight excluding hydrogens is 222 g/mol. The van der Waals surface area contributed by atoms with Gasteiger partial charge in [-0.15, -0.1) is 0 Å². The topological polar surface area (TPSA) is 47.0 Å². The maximum Gasteiger partial charge on any atom is 0.293 e. The van der Waals surface area contributed by atoms with Crippen LogP contribution in [0.4, 0.5) is 0 Å². The molecule has 1 N–H and O–H groups in total. The van der Waals surface area contributed by atoms with Crippen LogP contribution in [0.1, 0.15) is 37.4 Å². The third kappa shape index (κ3) is 2.20. The zero-order chi connectivity index (χ0) is 11.0. The largest absolute Gasteiger partial charge is 0.466 e. The SMILES string of the molecule is CNCC1CC(Oc2nc(C3CC3)ns2)C1. The first-order valence-corrected chi connectivity index (χ1v) is 6.77. The van der Waals surface area contributed by atoms with Gasteiger partial charge in [0.25, 0.3) is 5.19 Å². The molecule has 0 amide bonds. The second kappa shape index (κ2) is 4.30. The molecule has 0 aromatic carbocycles. The maximum atomic E-state index is 5.80. The minimum Gasteiger partial charge on any atom is -0.466 e. The van der Waals surface area contributed by atoms with Gasteiger partial charge in [0.05, 0.1) is 0 Å². The molecule has 0 spiro atoms. The van der Waals surface area contributed by atoms with Crippen LogP contribution in [0.5, 0.6) is 5.19 Å². The Kier molecular flexibility index (Phi) is 2.81. The molecule has 1 aromatic rings. The summed E-state index contributed by atoms with van der Waals surface area (Å²) in [5.74, 6) is 2.42. The van der Waals surface area contributed by atoms with Gasteiger partial charge in [0.2, 0.25) is 0 Å². The zero-order valence-corrected chi connectivity index (χ0v) is 10.3. The van der Waals surface area contributed by atoms with Gasteiger partial charge in [0.15, 0.2) is 0 Å². The van der Waals surface area contributed by atoms with Crippen LogP contribution in [0.2, 0.25) is 0 Å². The minimum atomic E-state index is 0.373. The van der Waals surface area contributed by atoms with Crippen LogP contribution in [0.3, 0.4) is 0 Å². The van der Waals surface area contributed by atoms with E-state index < -0.39 is 0 Å². The molecule has 3 rings (SSSR count). The Morgan fingerprint density at radius 2 is 2.25 bits per heavy atom. The quantitative estimate of drug-likeness (QED) is 0.851. The van der Waals surface area contributed by atoms with E-state index in [1.54, 1.807) is 0 Å². The van der Waals surface area contributed by atoms with Gasteiger partial charge in [0, 0.05) is 17.5 Å². The number of aromatic nitrogens is 2. The van der Waals surface area contributed by atoms with Crippen LogP contribution in [0.15, 0.2) is 0 Å². The Labute approximate surface area is 99.6 Å². The normalized spacial score (nSPS) is 28.8. The van der Waals surface area contributed by atoms with Crippen molar-refractivity contribution in [3.05, 3.63) is 5.82 Å². The number of hydrogen-bond donors (Lipinski definition) is 1. The fourth-order valence-corrected chi connectivity index (χ4v) is 2.82. The van der Waals surface area contributed by atoms with E-state index in [4.69, 9.17) is 4.74 Å². The molecule has 1 heterocycles. The van der Waals surface area contributed by atoms with Gasteiger partial charge in [0.1, 0.15) is 11.9 Å². The monoisotopic (exact) mass is 239 g/mol. The predicted molar refractivity (Wildman–Crippen MR) is 63.0 cm³/mol. The summed E-state index contributed by atoms with van der Waals surface area (Å²) in [6.45, 7) is 1.10. The van der Waals surface area contributed by atoms with E-state index in [2.05, 4.69) is 14.7 Å². The molecular formula is C11H17N3OS. The first-order chi connectivity index (χ1) is 7.85. The number of ether oxygens (including phenoxy) is 1. The molecule has 0 aliphatic heterocycles. The number of hydrogen-bond acceptors (Lipinski definition) is 5. The molecule has 0 unspecified atom stereocenters. The second-order valence-electron chi connectivity index (χ2n) is 4.83. The number of nitrogens with zero attached hydrogens (tertiary/aromatic N) is 2. The molecule has 2 aliphatic rings. The van der Waals surface area contributed by atoms with Crippen LogP contribution in [0.25, 0.3) is 0 Å². The van der Waals surface area contributed by atoms with Crippen molar-refractivity contribution >= 4 is 11.5 Å². The van der Waals surface area contributed by atoms with Gasteiger partial charge in [-0.1, -0.05) is 0 Å². The van der Waals surface area contributed by atoms with Crippen LogP contribution in [-0.2, 0) is 0 Å². The van der Waals surface area contributed by atoms with Crippen LogP contribution in [0, 0.1) is 5.92 Å². The van der Waals surface area contributed by atoms with Crippen molar-refractivity contribution in [3.63, 3.8) is 0 Å². The lowest BCUT2D eigenvalue weighted by Gasteiger charge is -2.34. The van der Waals surface area contributed by atoms with Gasteiger partial charge in [-0.25, -0.2) is 0 Å². The van der Waals surface area contributed by atoms with Crippen molar-refractivity contribution in [1.82, 2.24) is 14.7 Å². The molecule has 4 nitrogen and oxygen atoms in total. The highest BCUT2D eigenvalue weighted by atomic mass is 32.1. The third-order valence-electron chi connectivity index (χ3n) is 3.32. The average molecular weight is 239 g/mol. The fraction of sp³-hybridized carbons (Fsp3) is 0.818. The molecule has 1 aromatic heterocycles. The Hall–Kier alpha value is -0.680. The van der Waals surface area contributed by atoms with Gasteiger partial charge in [-0.2, -0.15) is 9.36 Å². The van der Waals surface area contributed by atoms with Crippen molar-refractivity contribution < 1.29 is 4.74 Å². The summed E-state index contributed by atoms with van der Waals surface area (Å²) in [6.07, 6.45) is 5.19. The molecule has 0 bridgehead atoms. The van der Waals surface area contributed by atoms with Crippen molar-refractivity contribution in [2.24, 2.45) is 5.92 Å². The van der Waals surface area contributed by atoms with Gasteiger partial charge < -0.3 is 10.1 Å². The van der Waals surface area contributed by atoms with E-state index >= 15 is 0 Å². The first kappa shape index (κ1) is 10.5. The third-order valence-corrected chi connectivity index (χ3v) is 3.94. The molecule has 2 fully saturated rings. The summed E-state index contributed by atoms with van der Waals surface area (Å²) in [4.78, 5) is 4.43. The first-order valence-electron chi connectivity index (χ1n) is 6.00. The summed E-state index contributed by atoms with van der Waals surface area (Å²) in [5.41, 5.74) is 0. The lowest BCUT2D eigenvalue weighted by molar-refractivity contribution is 0.0653. The number of nitrogens with one attached hydrogen (secondary N) is 1. The highest BCUT2D eigenvalue weighted by Gasteiger charge is 2.32. The summed E-state index contributed by atoms with van der Waals surface area (Å²) in [6, 6.07) is 0. The molecule has 0 radical (unpaired) electrons. The molecule has 2 aliphatic carbocycles. The van der Waals surface area contributed by atoms with Gasteiger partial charge >= 0.3 is 0 Å². The van der Waals surface area contributed by atoms with E-state index in [1.807, 2.05) is 7.05 Å². The molecule has 16 heavy (non-hydrogen) atoms. The Morgan fingerprint density at radius 3 is 2.94 bits per heavy atom. The van der Waals surface area contributed by atoms with E-state index in [9.17, 15) is 0 Å². The highest BCUT2D eigenvalue weighted by Crippen LogP contribution is 2.40. The summed E-state index contributed by atoms with van der Waals surface area (Å²) in [5, 5.41) is 3.97. The summed E-state index contributed by atoms with van der Waals surface area (Å²) in [7, 11) is 2.00. The molecule has 88 valence electrons.